The van der Waals surface area contributed by atoms with Crippen LogP contribution in [-0.4, -0.2) is 14.5 Å². The monoisotopic (exact) mass is 322 g/mol. The summed E-state index contributed by atoms with van der Waals surface area (Å²) in [6, 6.07) is 9.66. The Hall–Kier alpha value is -1.21. The van der Waals surface area contributed by atoms with Crippen LogP contribution in [0.15, 0.2) is 46.0 Å². The van der Waals surface area contributed by atoms with E-state index in [-0.39, 0.29) is 0 Å². The van der Waals surface area contributed by atoms with Crippen molar-refractivity contribution in [2.24, 2.45) is 0 Å². The third-order valence-electron chi connectivity index (χ3n) is 3.47. The van der Waals surface area contributed by atoms with E-state index in [4.69, 9.17) is 0 Å². The largest absolute Gasteiger partial charge is 0.310 e. The first-order valence-electron chi connectivity index (χ1n) is 6.97. The average molecular weight is 322 g/mol. The summed E-state index contributed by atoms with van der Waals surface area (Å²) in [6.45, 7) is 0.927. The predicted octanol–water partition coefficient (Wildman–Crippen LogP) is 2.48. The SMILES string of the molecule is O=S(=O)(NCc1ccsc1)c1ccccc1CNC1CC1. The van der Waals surface area contributed by atoms with Gasteiger partial charge in [-0.15, -0.1) is 0 Å². The molecule has 0 aliphatic heterocycles. The van der Waals surface area contributed by atoms with Crippen molar-refractivity contribution >= 4 is 21.4 Å². The third kappa shape index (κ3) is 3.91. The highest BCUT2D eigenvalue weighted by Gasteiger charge is 2.22. The van der Waals surface area contributed by atoms with Crippen LogP contribution in [0.25, 0.3) is 0 Å². The number of nitrogens with one attached hydrogen (secondary N) is 2. The first kappa shape index (κ1) is 14.7. The van der Waals surface area contributed by atoms with Gasteiger partial charge in [0.15, 0.2) is 0 Å². The molecule has 0 amide bonds. The number of rotatable bonds is 7. The van der Waals surface area contributed by atoms with Crippen molar-refractivity contribution in [1.82, 2.24) is 10.0 Å². The Labute approximate surface area is 129 Å². The highest BCUT2D eigenvalue weighted by Crippen LogP contribution is 2.21. The van der Waals surface area contributed by atoms with Crippen molar-refractivity contribution in [3.05, 3.63) is 52.2 Å². The highest BCUT2D eigenvalue weighted by atomic mass is 32.2. The lowest BCUT2D eigenvalue weighted by atomic mass is 10.2. The minimum atomic E-state index is -3.48. The van der Waals surface area contributed by atoms with Gasteiger partial charge in [-0.2, -0.15) is 11.3 Å². The molecule has 2 aromatic rings. The molecule has 1 aliphatic carbocycles. The minimum Gasteiger partial charge on any atom is -0.310 e. The number of thiophene rings is 1. The Morgan fingerprint density at radius 3 is 2.67 bits per heavy atom. The molecular weight excluding hydrogens is 304 g/mol. The van der Waals surface area contributed by atoms with Crippen LogP contribution in [0.1, 0.15) is 24.0 Å². The highest BCUT2D eigenvalue weighted by molar-refractivity contribution is 7.89. The molecule has 0 unspecified atom stereocenters. The minimum absolute atomic E-state index is 0.330. The fraction of sp³-hybridized carbons (Fsp3) is 0.333. The van der Waals surface area contributed by atoms with E-state index in [1.54, 1.807) is 23.5 Å². The molecule has 1 heterocycles. The van der Waals surface area contributed by atoms with Crippen LogP contribution in [-0.2, 0) is 23.1 Å². The molecule has 0 radical (unpaired) electrons. The second-order valence-corrected chi connectivity index (χ2v) is 7.73. The molecule has 1 fully saturated rings. The first-order valence-corrected chi connectivity index (χ1v) is 9.40. The summed E-state index contributed by atoms with van der Waals surface area (Å²) < 4.78 is 27.6. The van der Waals surface area contributed by atoms with E-state index in [9.17, 15) is 8.42 Å². The van der Waals surface area contributed by atoms with Crippen molar-refractivity contribution in [2.75, 3.05) is 0 Å². The van der Waals surface area contributed by atoms with Crippen molar-refractivity contribution in [2.45, 2.75) is 36.9 Å². The fourth-order valence-corrected chi connectivity index (χ4v) is 4.03. The molecule has 1 aromatic heterocycles. The van der Waals surface area contributed by atoms with Crippen LogP contribution in [0.5, 0.6) is 0 Å². The van der Waals surface area contributed by atoms with Gasteiger partial charge >= 0.3 is 0 Å². The summed E-state index contributed by atoms with van der Waals surface area (Å²) in [4.78, 5) is 0.369. The maximum atomic E-state index is 12.5. The Bertz CT molecular complexity index is 692. The summed E-state index contributed by atoms with van der Waals surface area (Å²) in [5.74, 6) is 0. The molecule has 112 valence electrons. The molecule has 0 bridgehead atoms. The van der Waals surface area contributed by atoms with Crippen LogP contribution < -0.4 is 10.0 Å². The van der Waals surface area contributed by atoms with Crippen LogP contribution >= 0.6 is 11.3 Å². The van der Waals surface area contributed by atoms with Gasteiger partial charge in [-0.05, 0) is 46.9 Å². The normalized spacial score (nSPS) is 15.2. The Kier molecular flexibility index (Phi) is 4.40. The quantitative estimate of drug-likeness (QED) is 0.823. The zero-order valence-electron chi connectivity index (χ0n) is 11.6. The fourth-order valence-electron chi connectivity index (χ4n) is 2.10. The summed E-state index contributed by atoms with van der Waals surface area (Å²) >= 11 is 1.56. The van der Waals surface area contributed by atoms with Crippen LogP contribution in [0, 0.1) is 0 Å². The van der Waals surface area contributed by atoms with E-state index in [0.29, 0.717) is 24.0 Å². The number of hydrogen-bond acceptors (Lipinski definition) is 4. The van der Waals surface area contributed by atoms with Crippen molar-refractivity contribution < 1.29 is 8.42 Å². The second-order valence-electron chi connectivity index (χ2n) is 5.22. The molecule has 0 saturated heterocycles. The lowest BCUT2D eigenvalue weighted by Crippen LogP contribution is -2.25. The zero-order valence-corrected chi connectivity index (χ0v) is 13.2. The van der Waals surface area contributed by atoms with Gasteiger partial charge in [0.2, 0.25) is 10.0 Å². The number of hydrogen-bond donors (Lipinski definition) is 2. The van der Waals surface area contributed by atoms with Gasteiger partial charge in [0.25, 0.3) is 0 Å². The smallest absolute Gasteiger partial charge is 0.241 e. The van der Waals surface area contributed by atoms with Crippen molar-refractivity contribution in [3.8, 4) is 0 Å². The van der Waals surface area contributed by atoms with Crippen LogP contribution in [0.4, 0.5) is 0 Å². The Morgan fingerprint density at radius 2 is 1.95 bits per heavy atom. The van der Waals surface area contributed by atoms with E-state index in [1.807, 2.05) is 29.0 Å². The lowest BCUT2D eigenvalue weighted by Gasteiger charge is -2.11. The maximum absolute atomic E-state index is 12.5. The molecule has 1 aromatic carbocycles. The van der Waals surface area contributed by atoms with Gasteiger partial charge in [-0.1, -0.05) is 18.2 Å². The first-order chi connectivity index (χ1) is 10.1. The molecule has 1 aliphatic rings. The van der Waals surface area contributed by atoms with Crippen LogP contribution in [0.3, 0.4) is 0 Å². The molecule has 1 saturated carbocycles. The van der Waals surface area contributed by atoms with Gasteiger partial charge in [-0.3, -0.25) is 0 Å². The summed E-state index contributed by atoms with van der Waals surface area (Å²) in [7, 11) is -3.48. The summed E-state index contributed by atoms with van der Waals surface area (Å²) in [5, 5.41) is 7.25. The molecule has 3 rings (SSSR count). The topological polar surface area (TPSA) is 58.2 Å². The molecule has 4 nitrogen and oxygen atoms in total. The van der Waals surface area contributed by atoms with Gasteiger partial charge in [0.1, 0.15) is 0 Å². The van der Waals surface area contributed by atoms with E-state index in [2.05, 4.69) is 10.0 Å². The van der Waals surface area contributed by atoms with Gasteiger partial charge < -0.3 is 5.32 Å². The molecule has 6 heteroatoms. The van der Waals surface area contributed by atoms with Crippen LogP contribution in [0.2, 0.25) is 0 Å². The average Bonchev–Trinajstić information content (AvgIpc) is 3.17. The zero-order chi connectivity index (χ0) is 14.7. The van der Waals surface area contributed by atoms with E-state index < -0.39 is 10.0 Å². The van der Waals surface area contributed by atoms with Gasteiger partial charge in [-0.25, -0.2) is 13.1 Å². The molecule has 0 spiro atoms. The molecule has 21 heavy (non-hydrogen) atoms. The van der Waals surface area contributed by atoms with Gasteiger partial charge in [0, 0.05) is 19.1 Å². The standard InChI is InChI=1S/C15H18N2O2S2/c18-21(19,17-9-12-7-8-20-11-12)15-4-2-1-3-13(15)10-16-14-5-6-14/h1-4,7-8,11,14,16-17H,5-6,9-10H2. The summed E-state index contributed by atoms with van der Waals surface area (Å²) in [6.07, 6.45) is 2.37. The number of benzene rings is 1. The lowest BCUT2D eigenvalue weighted by molar-refractivity contribution is 0.578. The Balaban J connectivity index is 1.73. The third-order valence-corrected chi connectivity index (χ3v) is 5.70. The Morgan fingerprint density at radius 1 is 1.14 bits per heavy atom. The summed E-state index contributed by atoms with van der Waals surface area (Å²) in [5.41, 5.74) is 1.80. The van der Waals surface area contributed by atoms with Crippen molar-refractivity contribution in [3.63, 3.8) is 0 Å². The predicted molar refractivity (Wildman–Crippen MR) is 84.6 cm³/mol. The van der Waals surface area contributed by atoms with Crippen molar-refractivity contribution in [1.29, 1.82) is 0 Å². The van der Waals surface area contributed by atoms with E-state index in [0.717, 1.165) is 11.1 Å². The molecule has 0 atom stereocenters. The molecule has 2 N–H and O–H groups in total. The second kappa shape index (κ2) is 6.27. The maximum Gasteiger partial charge on any atom is 0.241 e. The number of sulfonamides is 1. The van der Waals surface area contributed by atoms with Gasteiger partial charge in [0.05, 0.1) is 4.90 Å². The van der Waals surface area contributed by atoms with E-state index >= 15 is 0 Å². The molecular formula is C15H18N2O2S2. The van der Waals surface area contributed by atoms with E-state index in [1.165, 1.54) is 12.8 Å².